The molecule has 0 aliphatic carbocycles. The van der Waals surface area contributed by atoms with Gasteiger partial charge >= 0.3 is 0 Å². The van der Waals surface area contributed by atoms with Crippen LogP contribution in [-0.4, -0.2) is 56.4 Å². The zero-order valence-electron chi connectivity index (χ0n) is 18.5. The first-order valence-corrected chi connectivity index (χ1v) is 10.8. The van der Waals surface area contributed by atoms with Crippen LogP contribution in [0.5, 0.6) is 5.75 Å². The third-order valence-corrected chi connectivity index (χ3v) is 5.14. The lowest BCUT2D eigenvalue weighted by molar-refractivity contribution is 0.0529. The number of aromatic nitrogens is 1. The second-order valence-electron chi connectivity index (χ2n) is 7.53. The molecule has 0 bridgehead atoms. The van der Waals surface area contributed by atoms with E-state index in [4.69, 9.17) is 9.47 Å². The highest BCUT2D eigenvalue weighted by molar-refractivity contribution is 5.79. The standard InChI is InChI=1S/C23H32FN5O2/c1-4-19(31-21-8-6-5-7-20(21)24)15-28-23(25-3)27-14-18-9-10-26-22(13-18)29-11-12-30-17(2)16-29/h5-10,13,17,19H,4,11-12,14-16H2,1-3H3,(H2,25,27,28). The van der Waals surface area contributed by atoms with Gasteiger partial charge in [-0.2, -0.15) is 0 Å². The Balaban J connectivity index is 1.51. The van der Waals surface area contributed by atoms with Crippen molar-refractivity contribution in [3.63, 3.8) is 0 Å². The van der Waals surface area contributed by atoms with Crippen molar-refractivity contribution >= 4 is 11.8 Å². The molecule has 0 radical (unpaired) electrons. The molecule has 8 heteroatoms. The number of morpholine rings is 1. The van der Waals surface area contributed by atoms with Crippen molar-refractivity contribution in [2.75, 3.05) is 38.2 Å². The maximum Gasteiger partial charge on any atom is 0.191 e. The Hall–Kier alpha value is -2.87. The van der Waals surface area contributed by atoms with Gasteiger partial charge in [-0.15, -0.1) is 0 Å². The average molecular weight is 430 g/mol. The van der Waals surface area contributed by atoms with E-state index in [0.29, 0.717) is 19.0 Å². The topological polar surface area (TPSA) is 71.0 Å². The molecule has 2 aromatic rings. The van der Waals surface area contributed by atoms with E-state index in [9.17, 15) is 4.39 Å². The fourth-order valence-electron chi connectivity index (χ4n) is 3.38. The van der Waals surface area contributed by atoms with Crippen LogP contribution in [0.4, 0.5) is 10.2 Å². The summed E-state index contributed by atoms with van der Waals surface area (Å²) in [5.74, 6) is 1.53. The molecule has 1 aliphatic heterocycles. The van der Waals surface area contributed by atoms with E-state index >= 15 is 0 Å². The summed E-state index contributed by atoms with van der Waals surface area (Å²) in [6.45, 7) is 7.61. The molecule has 31 heavy (non-hydrogen) atoms. The fourth-order valence-corrected chi connectivity index (χ4v) is 3.38. The Kier molecular flexibility index (Phi) is 8.46. The highest BCUT2D eigenvalue weighted by Gasteiger charge is 2.18. The monoisotopic (exact) mass is 429 g/mol. The number of rotatable bonds is 8. The molecule has 1 aromatic carbocycles. The SMILES string of the molecule is CCC(CNC(=NC)NCc1ccnc(N2CCOC(C)C2)c1)Oc1ccccc1F. The summed E-state index contributed by atoms with van der Waals surface area (Å²) in [6.07, 6.45) is 2.60. The van der Waals surface area contributed by atoms with Crippen molar-refractivity contribution in [3.8, 4) is 5.75 Å². The fraction of sp³-hybridized carbons (Fsp3) is 0.478. The molecule has 168 valence electrons. The van der Waals surface area contributed by atoms with Gasteiger partial charge in [-0.3, -0.25) is 4.99 Å². The highest BCUT2D eigenvalue weighted by Crippen LogP contribution is 2.18. The molecule has 2 heterocycles. The van der Waals surface area contributed by atoms with E-state index in [1.54, 1.807) is 25.2 Å². The van der Waals surface area contributed by atoms with Crippen LogP contribution in [-0.2, 0) is 11.3 Å². The number of aliphatic imine (C=N–C) groups is 1. The summed E-state index contributed by atoms with van der Waals surface area (Å²) in [7, 11) is 1.72. The minimum Gasteiger partial charge on any atom is -0.486 e. The first-order chi connectivity index (χ1) is 15.1. The first kappa shape index (κ1) is 22.8. The molecule has 1 aromatic heterocycles. The van der Waals surface area contributed by atoms with Crippen LogP contribution in [0.2, 0.25) is 0 Å². The molecule has 1 saturated heterocycles. The molecule has 2 atom stereocenters. The largest absolute Gasteiger partial charge is 0.486 e. The van der Waals surface area contributed by atoms with Gasteiger partial charge in [0, 0.05) is 32.9 Å². The quantitative estimate of drug-likeness (QED) is 0.497. The van der Waals surface area contributed by atoms with Crippen molar-refractivity contribution in [2.45, 2.75) is 39.0 Å². The first-order valence-electron chi connectivity index (χ1n) is 10.8. The lowest BCUT2D eigenvalue weighted by Gasteiger charge is -2.32. The number of ether oxygens (including phenoxy) is 2. The highest BCUT2D eigenvalue weighted by atomic mass is 19.1. The van der Waals surface area contributed by atoms with Gasteiger partial charge in [0.15, 0.2) is 17.5 Å². The third-order valence-electron chi connectivity index (χ3n) is 5.14. The van der Waals surface area contributed by atoms with Crippen molar-refractivity contribution in [1.82, 2.24) is 15.6 Å². The van der Waals surface area contributed by atoms with Crippen LogP contribution in [0, 0.1) is 5.82 Å². The number of guanidine groups is 1. The van der Waals surface area contributed by atoms with Gasteiger partial charge in [-0.25, -0.2) is 9.37 Å². The number of halogens is 1. The van der Waals surface area contributed by atoms with Crippen LogP contribution in [0.15, 0.2) is 47.6 Å². The number of nitrogens with one attached hydrogen (secondary N) is 2. The molecule has 3 rings (SSSR count). The number of anilines is 1. The molecule has 2 N–H and O–H groups in total. The van der Waals surface area contributed by atoms with Crippen LogP contribution < -0.4 is 20.3 Å². The summed E-state index contributed by atoms with van der Waals surface area (Å²) in [4.78, 5) is 11.0. The summed E-state index contributed by atoms with van der Waals surface area (Å²) in [5, 5.41) is 6.58. The van der Waals surface area contributed by atoms with Crippen molar-refractivity contribution in [2.24, 2.45) is 4.99 Å². The number of benzene rings is 1. The van der Waals surface area contributed by atoms with E-state index in [1.165, 1.54) is 6.07 Å². The second kappa shape index (κ2) is 11.5. The van der Waals surface area contributed by atoms with Gasteiger partial charge in [0.2, 0.25) is 0 Å². The Morgan fingerprint density at radius 3 is 2.94 bits per heavy atom. The number of pyridine rings is 1. The summed E-state index contributed by atoms with van der Waals surface area (Å²) in [6, 6.07) is 10.5. The smallest absolute Gasteiger partial charge is 0.191 e. The van der Waals surface area contributed by atoms with E-state index in [0.717, 1.165) is 37.5 Å². The molecule has 0 saturated carbocycles. The van der Waals surface area contributed by atoms with Gasteiger partial charge in [-0.05, 0) is 43.2 Å². The van der Waals surface area contributed by atoms with Gasteiger partial charge in [0.05, 0.1) is 19.3 Å². The third kappa shape index (κ3) is 6.82. The predicted octanol–water partition coefficient (Wildman–Crippen LogP) is 2.97. The van der Waals surface area contributed by atoms with Crippen molar-refractivity contribution < 1.29 is 13.9 Å². The van der Waals surface area contributed by atoms with Gasteiger partial charge < -0.3 is 25.0 Å². The maximum atomic E-state index is 13.9. The van der Waals surface area contributed by atoms with Crippen LogP contribution in [0.1, 0.15) is 25.8 Å². The Labute approximate surface area is 183 Å². The van der Waals surface area contributed by atoms with Crippen LogP contribution in [0.25, 0.3) is 0 Å². The van der Waals surface area contributed by atoms with Crippen molar-refractivity contribution in [3.05, 3.63) is 54.0 Å². The lowest BCUT2D eigenvalue weighted by Crippen LogP contribution is -2.42. The Morgan fingerprint density at radius 1 is 1.35 bits per heavy atom. The molecule has 0 spiro atoms. The number of nitrogens with zero attached hydrogens (tertiary/aromatic N) is 3. The molecule has 7 nitrogen and oxygen atoms in total. The lowest BCUT2D eigenvalue weighted by atomic mass is 10.2. The van der Waals surface area contributed by atoms with E-state index in [1.807, 2.05) is 19.2 Å². The average Bonchev–Trinajstić information content (AvgIpc) is 2.79. The summed E-state index contributed by atoms with van der Waals surface area (Å²) < 4.78 is 25.3. The second-order valence-corrected chi connectivity index (χ2v) is 7.53. The minimum absolute atomic E-state index is 0.175. The number of para-hydroxylation sites is 1. The molecule has 1 fully saturated rings. The zero-order chi connectivity index (χ0) is 22.1. The normalized spacial score (nSPS) is 17.9. The van der Waals surface area contributed by atoms with E-state index < -0.39 is 0 Å². The molecule has 1 aliphatic rings. The van der Waals surface area contributed by atoms with Gasteiger partial charge in [-0.1, -0.05) is 19.1 Å². The molecule has 2 unspecified atom stereocenters. The summed E-state index contributed by atoms with van der Waals surface area (Å²) in [5.41, 5.74) is 1.11. The molecular weight excluding hydrogens is 397 g/mol. The van der Waals surface area contributed by atoms with E-state index in [2.05, 4.69) is 38.5 Å². The van der Waals surface area contributed by atoms with Gasteiger partial charge in [0.25, 0.3) is 0 Å². The van der Waals surface area contributed by atoms with Crippen LogP contribution in [0.3, 0.4) is 0 Å². The Bertz CT molecular complexity index is 863. The molecular formula is C23H32FN5O2. The molecule has 0 amide bonds. The minimum atomic E-state index is -0.355. The Morgan fingerprint density at radius 2 is 2.19 bits per heavy atom. The zero-order valence-corrected chi connectivity index (χ0v) is 18.5. The number of hydrogen-bond acceptors (Lipinski definition) is 5. The summed E-state index contributed by atoms with van der Waals surface area (Å²) >= 11 is 0. The van der Waals surface area contributed by atoms with E-state index in [-0.39, 0.29) is 23.8 Å². The maximum absolute atomic E-state index is 13.9. The number of hydrogen-bond donors (Lipinski definition) is 2. The van der Waals surface area contributed by atoms with Crippen LogP contribution >= 0.6 is 0 Å². The van der Waals surface area contributed by atoms with Gasteiger partial charge in [0.1, 0.15) is 11.9 Å². The predicted molar refractivity (Wildman–Crippen MR) is 121 cm³/mol. The van der Waals surface area contributed by atoms with Crippen molar-refractivity contribution in [1.29, 1.82) is 0 Å².